The predicted molar refractivity (Wildman–Crippen MR) is 93.7 cm³/mol. The number of carbonyl (C=O) groups is 1. The van der Waals surface area contributed by atoms with E-state index in [1.54, 1.807) is 14.2 Å². The Morgan fingerprint density at radius 2 is 1.91 bits per heavy atom. The number of hydrogen-bond acceptors (Lipinski definition) is 4. The van der Waals surface area contributed by atoms with E-state index in [9.17, 15) is 4.79 Å². The molecule has 1 heterocycles. The van der Waals surface area contributed by atoms with Crippen molar-refractivity contribution in [2.75, 3.05) is 20.8 Å². The molecule has 0 saturated carbocycles. The van der Waals surface area contributed by atoms with Crippen molar-refractivity contribution in [3.63, 3.8) is 0 Å². The van der Waals surface area contributed by atoms with Crippen LogP contribution < -0.4 is 20.1 Å². The van der Waals surface area contributed by atoms with Gasteiger partial charge in [-0.15, -0.1) is 12.4 Å². The molecule has 0 aromatic heterocycles. The molecule has 0 radical (unpaired) electrons. The maximum atomic E-state index is 12.1. The van der Waals surface area contributed by atoms with E-state index >= 15 is 0 Å². The molecule has 2 rings (SSSR count). The van der Waals surface area contributed by atoms with Crippen molar-refractivity contribution in [1.82, 2.24) is 10.6 Å². The number of aryl methyl sites for hydroxylation is 1. The molecule has 2 unspecified atom stereocenters. The molecule has 1 aromatic rings. The first-order valence-corrected chi connectivity index (χ1v) is 7.85. The molecule has 23 heavy (non-hydrogen) atoms. The second-order valence-electron chi connectivity index (χ2n) is 5.86. The lowest BCUT2D eigenvalue weighted by molar-refractivity contribution is -0.122. The fourth-order valence-electron chi connectivity index (χ4n) is 2.83. The number of carbonyl (C=O) groups excluding carboxylic acids is 1. The van der Waals surface area contributed by atoms with Gasteiger partial charge in [0.1, 0.15) is 11.5 Å². The number of nitrogens with one attached hydrogen (secondary N) is 2. The van der Waals surface area contributed by atoms with Crippen LogP contribution >= 0.6 is 12.4 Å². The fraction of sp³-hybridized carbons (Fsp3) is 0.588. The van der Waals surface area contributed by atoms with Gasteiger partial charge in [-0.2, -0.15) is 0 Å². The Bertz CT molecular complexity index is 488. The first kappa shape index (κ1) is 19.6. The van der Waals surface area contributed by atoms with Crippen LogP contribution in [0.3, 0.4) is 0 Å². The van der Waals surface area contributed by atoms with Crippen LogP contribution in [0.25, 0.3) is 0 Å². The van der Waals surface area contributed by atoms with Crippen molar-refractivity contribution < 1.29 is 14.3 Å². The van der Waals surface area contributed by atoms with Crippen LogP contribution in [0.2, 0.25) is 0 Å². The number of hydrogen-bond donors (Lipinski definition) is 2. The Morgan fingerprint density at radius 3 is 2.48 bits per heavy atom. The first-order valence-electron chi connectivity index (χ1n) is 7.85. The van der Waals surface area contributed by atoms with E-state index in [-0.39, 0.29) is 18.3 Å². The van der Waals surface area contributed by atoms with Gasteiger partial charge in [-0.25, -0.2) is 0 Å². The van der Waals surface area contributed by atoms with Gasteiger partial charge in [0.15, 0.2) is 0 Å². The summed E-state index contributed by atoms with van der Waals surface area (Å²) in [5, 5.41) is 6.52. The normalized spacial score (nSPS) is 20.3. The molecule has 1 aliphatic rings. The molecule has 2 N–H and O–H groups in total. The van der Waals surface area contributed by atoms with E-state index in [0.717, 1.165) is 36.4 Å². The molecule has 1 saturated heterocycles. The number of ether oxygens (including phenoxy) is 2. The smallest absolute Gasteiger partial charge is 0.220 e. The highest BCUT2D eigenvalue weighted by Gasteiger charge is 2.19. The maximum Gasteiger partial charge on any atom is 0.220 e. The molecule has 0 aliphatic carbocycles. The number of piperidine rings is 1. The third-order valence-corrected chi connectivity index (χ3v) is 4.04. The molecule has 0 spiro atoms. The Kier molecular flexibility index (Phi) is 8.20. The number of rotatable bonds is 6. The summed E-state index contributed by atoms with van der Waals surface area (Å²) < 4.78 is 10.5. The quantitative estimate of drug-likeness (QED) is 0.833. The van der Waals surface area contributed by atoms with Gasteiger partial charge in [0.2, 0.25) is 5.91 Å². The van der Waals surface area contributed by atoms with E-state index in [1.807, 2.05) is 18.2 Å². The topological polar surface area (TPSA) is 59.6 Å². The number of amides is 1. The minimum atomic E-state index is 0. The van der Waals surface area contributed by atoms with Gasteiger partial charge in [-0.05, 0) is 50.4 Å². The standard InChI is InChI=1S/C17H26N2O3.ClH/c1-12-8-14(6-7-18-12)19-17(20)5-4-13-9-15(21-2)11-16(10-13)22-3;/h9-12,14,18H,4-8H2,1-3H3,(H,19,20);1H. The minimum absolute atomic E-state index is 0. The molecule has 5 nitrogen and oxygen atoms in total. The Hall–Kier alpha value is -1.46. The molecule has 1 amide bonds. The number of halogens is 1. The van der Waals surface area contributed by atoms with E-state index in [0.29, 0.717) is 24.9 Å². The molecular formula is C17H27ClN2O3. The van der Waals surface area contributed by atoms with Crippen molar-refractivity contribution in [3.05, 3.63) is 23.8 Å². The van der Waals surface area contributed by atoms with E-state index in [2.05, 4.69) is 17.6 Å². The minimum Gasteiger partial charge on any atom is -0.497 e. The van der Waals surface area contributed by atoms with Gasteiger partial charge < -0.3 is 20.1 Å². The second kappa shape index (κ2) is 9.63. The largest absolute Gasteiger partial charge is 0.497 e. The van der Waals surface area contributed by atoms with Crippen molar-refractivity contribution in [2.45, 2.75) is 44.7 Å². The van der Waals surface area contributed by atoms with Crippen LogP contribution in [0.4, 0.5) is 0 Å². The van der Waals surface area contributed by atoms with E-state index in [4.69, 9.17) is 9.47 Å². The zero-order chi connectivity index (χ0) is 15.9. The summed E-state index contributed by atoms with van der Waals surface area (Å²) in [6.45, 7) is 3.13. The average Bonchev–Trinajstić information content (AvgIpc) is 2.52. The highest BCUT2D eigenvalue weighted by atomic mass is 35.5. The van der Waals surface area contributed by atoms with Crippen LogP contribution in [0, 0.1) is 0 Å². The van der Waals surface area contributed by atoms with Crippen molar-refractivity contribution in [2.24, 2.45) is 0 Å². The number of methoxy groups -OCH3 is 2. The molecule has 1 aromatic carbocycles. The zero-order valence-electron chi connectivity index (χ0n) is 14.1. The lowest BCUT2D eigenvalue weighted by atomic mass is 10.0. The summed E-state index contributed by atoms with van der Waals surface area (Å²) in [4.78, 5) is 12.1. The lowest BCUT2D eigenvalue weighted by Crippen LogP contribution is -2.46. The monoisotopic (exact) mass is 342 g/mol. The van der Waals surface area contributed by atoms with Crippen molar-refractivity contribution in [1.29, 1.82) is 0 Å². The molecule has 2 atom stereocenters. The molecular weight excluding hydrogens is 316 g/mol. The third-order valence-electron chi connectivity index (χ3n) is 4.04. The van der Waals surface area contributed by atoms with Crippen LogP contribution in [0.15, 0.2) is 18.2 Å². The molecule has 0 bridgehead atoms. The Balaban J connectivity index is 0.00000264. The highest BCUT2D eigenvalue weighted by Crippen LogP contribution is 2.23. The summed E-state index contributed by atoms with van der Waals surface area (Å²) >= 11 is 0. The zero-order valence-corrected chi connectivity index (χ0v) is 14.9. The van der Waals surface area contributed by atoms with Gasteiger partial charge in [0.25, 0.3) is 0 Å². The van der Waals surface area contributed by atoms with Crippen molar-refractivity contribution in [3.8, 4) is 11.5 Å². The van der Waals surface area contributed by atoms with Crippen LogP contribution in [-0.4, -0.2) is 38.8 Å². The average molecular weight is 343 g/mol. The first-order chi connectivity index (χ1) is 10.6. The van der Waals surface area contributed by atoms with Crippen LogP contribution in [0.5, 0.6) is 11.5 Å². The van der Waals surface area contributed by atoms with E-state index in [1.165, 1.54) is 0 Å². The highest BCUT2D eigenvalue weighted by molar-refractivity contribution is 5.85. The second-order valence-corrected chi connectivity index (χ2v) is 5.86. The summed E-state index contributed by atoms with van der Waals surface area (Å²) in [5.41, 5.74) is 1.05. The third kappa shape index (κ3) is 6.28. The Morgan fingerprint density at radius 1 is 1.26 bits per heavy atom. The summed E-state index contributed by atoms with van der Waals surface area (Å²) in [7, 11) is 3.26. The molecule has 1 aliphatic heterocycles. The predicted octanol–water partition coefficient (Wildman–Crippen LogP) is 2.31. The van der Waals surface area contributed by atoms with Gasteiger partial charge in [-0.1, -0.05) is 0 Å². The lowest BCUT2D eigenvalue weighted by Gasteiger charge is -2.28. The molecule has 130 valence electrons. The molecule has 6 heteroatoms. The summed E-state index contributed by atoms with van der Waals surface area (Å²) in [5.74, 6) is 1.62. The van der Waals surface area contributed by atoms with Gasteiger partial charge in [0, 0.05) is 24.6 Å². The van der Waals surface area contributed by atoms with Crippen LogP contribution in [-0.2, 0) is 11.2 Å². The summed E-state index contributed by atoms with van der Waals surface area (Å²) in [6, 6.07) is 6.50. The molecule has 1 fully saturated rings. The SMILES string of the molecule is COc1cc(CCC(=O)NC2CCNC(C)C2)cc(OC)c1.Cl. The van der Waals surface area contributed by atoms with Crippen molar-refractivity contribution >= 4 is 18.3 Å². The Labute approximate surface area is 144 Å². The number of benzene rings is 1. The fourth-order valence-corrected chi connectivity index (χ4v) is 2.83. The van der Waals surface area contributed by atoms with Gasteiger partial charge in [0.05, 0.1) is 14.2 Å². The van der Waals surface area contributed by atoms with Crippen LogP contribution in [0.1, 0.15) is 31.7 Å². The summed E-state index contributed by atoms with van der Waals surface area (Å²) in [6.07, 6.45) is 3.16. The van der Waals surface area contributed by atoms with E-state index < -0.39 is 0 Å². The van der Waals surface area contributed by atoms with Gasteiger partial charge in [-0.3, -0.25) is 4.79 Å². The van der Waals surface area contributed by atoms with Gasteiger partial charge >= 0.3 is 0 Å². The maximum absolute atomic E-state index is 12.1.